The third-order valence-electron chi connectivity index (χ3n) is 4.22. The Labute approximate surface area is 170 Å². The highest BCUT2D eigenvalue weighted by Crippen LogP contribution is 2.37. The monoisotopic (exact) mass is 436 g/mol. The van der Waals surface area contributed by atoms with E-state index in [0.717, 1.165) is 51.4 Å². The first kappa shape index (κ1) is 21.0. The predicted molar refractivity (Wildman–Crippen MR) is 118 cm³/mol. The summed E-state index contributed by atoms with van der Waals surface area (Å²) in [6.07, 6.45) is 0. The Balaban J connectivity index is 2.48. The molecule has 4 nitrogen and oxygen atoms in total. The Bertz CT molecular complexity index is 745. The van der Waals surface area contributed by atoms with Crippen molar-refractivity contribution in [3.63, 3.8) is 0 Å². The van der Waals surface area contributed by atoms with Gasteiger partial charge in [-0.15, -0.1) is 11.8 Å². The van der Waals surface area contributed by atoms with Crippen LogP contribution >= 0.6 is 27.7 Å². The fourth-order valence-corrected chi connectivity index (χ4v) is 4.09. The Hall–Kier alpha value is -1.27. The molecule has 0 amide bonds. The van der Waals surface area contributed by atoms with E-state index in [1.165, 1.54) is 5.56 Å². The van der Waals surface area contributed by atoms with Gasteiger partial charge in [0.15, 0.2) is 0 Å². The summed E-state index contributed by atoms with van der Waals surface area (Å²) >= 11 is 5.49. The van der Waals surface area contributed by atoms with Gasteiger partial charge in [0.05, 0.1) is 10.6 Å². The van der Waals surface area contributed by atoms with Crippen LogP contribution in [-0.2, 0) is 0 Å². The number of nitrogens with one attached hydrogen (secondary N) is 1. The van der Waals surface area contributed by atoms with Crippen molar-refractivity contribution < 1.29 is 0 Å². The number of rotatable bonds is 8. The maximum Gasteiger partial charge on any atom is 0.150 e. The zero-order valence-electron chi connectivity index (χ0n) is 16.6. The van der Waals surface area contributed by atoms with Crippen molar-refractivity contribution in [3.8, 4) is 0 Å². The van der Waals surface area contributed by atoms with E-state index in [9.17, 15) is 0 Å². The number of benzene rings is 1. The van der Waals surface area contributed by atoms with Crippen LogP contribution in [-0.4, -0.2) is 28.8 Å². The topological polar surface area (TPSA) is 41.1 Å². The second-order valence-electron chi connectivity index (χ2n) is 6.40. The summed E-state index contributed by atoms with van der Waals surface area (Å²) in [5, 5.41) is 3.53. The molecule has 0 aliphatic heterocycles. The molecule has 0 aliphatic carbocycles. The third-order valence-corrected chi connectivity index (χ3v) is 5.83. The highest BCUT2D eigenvalue weighted by molar-refractivity contribution is 9.10. The number of nitrogens with zero attached hydrogens (tertiary/aromatic N) is 3. The van der Waals surface area contributed by atoms with Gasteiger partial charge < -0.3 is 10.2 Å². The van der Waals surface area contributed by atoms with Crippen LogP contribution in [0.5, 0.6) is 0 Å². The number of aryl methyl sites for hydroxylation is 1. The summed E-state index contributed by atoms with van der Waals surface area (Å²) in [6.45, 7) is 14.7. The van der Waals surface area contributed by atoms with E-state index >= 15 is 0 Å². The number of hydrogen-bond acceptors (Lipinski definition) is 5. The van der Waals surface area contributed by atoms with E-state index < -0.39 is 0 Å². The Morgan fingerprint density at radius 3 is 2.38 bits per heavy atom. The van der Waals surface area contributed by atoms with Crippen molar-refractivity contribution in [1.82, 2.24) is 9.97 Å². The maximum absolute atomic E-state index is 4.74. The molecule has 0 fully saturated rings. The van der Waals surface area contributed by atoms with Crippen molar-refractivity contribution in [2.45, 2.75) is 52.4 Å². The fraction of sp³-hybridized carbons (Fsp3) is 0.500. The first-order valence-corrected chi connectivity index (χ1v) is 11.0. The lowest BCUT2D eigenvalue weighted by Gasteiger charge is -2.24. The van der Waals surface area contributed by atoms with Gasteiger partial charge in [-0.2, -0.15) is 0 Å². The van der Waals surface area contributed by atoms with E-state index in [2.05, 4.69) is 79.0 Å². The highest BCUT2D eigenvalue weighted by Gasteiger charge is 2.18. The average Bonchev–Trinajstić information content (AvgIpc) is 2.60. The van der Waals surface area contributed by atoms with E-state index in [1.54, 1.807) is 11.8 Å². The Morgan fingerprint density at radius 1 is 1.15 bits per heavy atom. The van der Waals surface area contributed by atoms with Crippen molar-refractivity contribution in [3.05, 3.63) is 34.1 Å². The van der Waals surface area contributed by atoms with Gasteiger partial charge in [-0.25, -0.2) is 9.97 Å². The van der Waals surface area contributed by atoms with Crippen molar-refractivity contribution in [2.75, 3.05) is 29.1 Å². The smallest absolute Gasteiger partial charge is 0.150 e. The van der Waals surface area contributed by atoms with Gasteiger partial charge in [-0.1, -0.05) is 26.8 Å². The van der Waals surface area contributed by atoms with Crippen LogP contribution in [0.1, 0.15) is 51.9 Å². The van der Waals surface area contributed by atoms with Crippen LogP contribution in [0.4, 0.5) is 17.3 Å². The molecule has 0 unspecified atom stereocenters. The molecule has 1 aromatic heterocycles. The van der Waals surface area contributed by atoms with Crippen molar-refractivity contribution >= 4 is 45.0 Å². The molecule has 0 saturated heterocycles. The van der Waals surface area contributed by atoms with Gasteiger partial charge >= 0.3 is 0 Å². The van der Waals surface area contributed by atoms with E-state index in [4.69, 9.17) is 9.97 Å². The van der Waals surface area contributed by atoms with Crippen LogP contribution in [0.2, 0.25) is 0 Å². The molecule has 6 heteroatoms. The molecule has 142 valence electrons. The lowest BCUT2D eigenvalue weighted by molar-refractivity contribution is 0.818. The Morgan fingerprint density at radius 2 is 1.85 bits per heavy atom. The summed E-state index contributed by atoms with van der Waals surface area (Å²) in [5.41, 5.74) is 2.34. The minimum Gasteiger partial charge on any atom is -0.356 e. The number of thioether (sulfide) groups is 1. The molecular weight excluding hydrogens is 408 g/mol. The number of anilines is 3. The van der Waals surface area contributed by atoms with Gasteiger partial charge in [0.1, 0.15) is 17.5 Å². The zero-order valence-corrected chi connectivity index (χ0v) is 19.0. The molecule has 1 heterocycles. The molecule has 26 heavy (non-hydrogen) atoms. The number of hydrogen-bond donors (Lipinski definition) is 1. The number of aromatic nitrogens is 2. The first-order valence-electron chi connectivity index (χ1n) is 9.24. The maximum atomic E-state index is 4.74. The standard InChI is InChI=1S/C20H29BrN4S/c1-7-25(8-2)20-18(26-9-3)19(22-14(6)23-20)24-17-11-10-15(13(4)5)12-16(17)21/h10-13H,7-9H2,1-6H3,(H,22,23,24). The van der Waals surface area contributed by atoms with Crippen LogP contribution in [0.25, 0.3) is 0 Å². The first-order chi connectivity index (χ1) is 12.4. The lowest BCUT2D eigenvalue weighted by atomic mass is 10.0. The summed E-state index contributed by atoms with van der Waals surface area (Å²) in [4.78, 5) is 12.8. The van der Waals surface area contributed by atoms with Crippen LogP contribution < -0.4 is 10.2 Å². The molecule has 1 aromatic carbocycles. The van der Waals surface area contributed by atoms with E-state index in [-0.39, 0.29) is 0 Å². The van der Waals surface area contributed by atoms with Gasteiger partial charge in [0.25, 0.3) is 0 Å². The minimum atomic E-state index is 0.502. The van der Waals surface area contributed by atoms with Gasteiger partial charge in [0, 0.05) is 17.6 Å². The second-order valence-corrected chi connectivity index (χ2v) is 8.53. The fourth-order valence-electron chi connectivity index (χ4n) is 2.77. The molecular formula is C20H29BrN4S. The quantitative estimate of drug-likeness (QED) is 0.486. The second kappa shape index (κ2) is 9.60. The van der Waals surface area contributed by atoms with Gasteiger partial charge in [-0.3, -0.25) is 0 Å². The molecule has 2 aromatic rings. The van der Waals surface area contributed by atoms with Crippen molar-refractivity contribution in [2.24, 2.45) is 0 Å². The summed E-state index contributed by atoms with van der Waals surface area (Å²) in [7, 11) is 0. The molecule has 0 aliphatic rings. The molecule has 0 radical (unpaired) electrons. The zero-order chi connectivity index (χ0) is 19.3. The SMILES string of the molecule is CCSc1c(Nc2ccc(C(C)C)cc2Br)nc(C)nc1N(CC)CC. The van der Waals surface area contributed by atoms with Crippen LogP contribution in [0, 0.1) is 6.92 Å². The van der Waals surface area contributed by atoms with Crippen LogP contribution in [0.15, 0.2) is 27.6 Å². The average molecular weight is 437 g/mol. The summed E-state index contributed by atoms with van der Waals surface area (Å²) in [6, 6.07) is 6.47. The van der Waals surface area contributed by atoms with Crippen molar-refractivity contribution in [1.29, 1.82) is 0 Å². The van der Waals surface area contributed by atoms with E-state index in [0.29, 0.717) is 5.92 Å². The molecule has 2 rings (SSSR count). The lowest BCUT2D eigenvalue weighted by Crippen LogP contribution is -2.24. The largest absolute Gasteiger partial charge is 0.356 e. The third kappa shape index (κ3) is 4.92. The molecule has 1 N–H and O–H groups in total. The molecule has 0 bridgehead atoms. The summed E-state index contributed by atoms with van der Waals surface area (Å²) in [5.74, 6) is 4.16. The highest BCUT2D eigenvalue weighted by atomic mass is 79.9. The Kier molecular flexibility index (Phi) is 7.77. The van der Waals surface area contributed by atoms with Gasteiger partial charge in [-0.05, 0) is 66.1 Å². The minimum absolute atomic E-state index is 0.502. The van der Waals surface area contributed by atoms with E-state index in [1.807, 2.05) is 6.92 Å². The predicted octanol–water partition coefficient (Wildman–Crippen LogP) is 6.37. The molecule has 0 spiro atoms. The summed E-state index contributed by atoms with van der Waals surface area (Å²) < 4.78 is 1.05. The van der Waals surface area contributed by atoms with Gasteiger partial charge in [0.2, 0.25) is 0 Å². The molecule has 0 atom stereocenters. The normalized spacial score (nSPS) is 11.1. The number of halogens is 1. The van der Waals surface area contributed by atoms with Crippen LogP contribution in [0.3, 0.4) is 0 Å². The molecule has 0 saturated carbocycles.